The molecule has 1 aromatic rings. The predicted molar refractivity (Wildman–Crippen MR) is 77.8 cm³/mol. The Morgan fingerprint density at radius 2 is 1.90 bits per heavy atom. The molecule has 1 saturated heterocycles. The summed E-state index contributed by atoms with van der Waals surface area (Å²) in [6.45, 7) is 2.82. The first-order chi connectivity index (χ1) is 9.86. The van der Waals surface area contributed by atoms with Gasteiger partial charge in [-0.1, -0.05) is 6.92 Å². The van der Waals surface area contributed by atoms with Gasteiger partial charge in [-0.3, -0.25) is 0 Å². The van der Waals surface area contributed by atoms with Gasteiger partial charge in [0.05, 0.1) is 18.7 Å². The van der Waals surface area contributed by atoms with Crippen LogP contribution in [0, 0.1) is 5.92 Å². The van der Waals surface area contributed by atoms with Crippen LogP contribution in [0.25, 0.3) is 0 Å². The van der Waals surface area contributed by atoms with E-state index in [9.17, 15) is 13.2 Å². The molecule has 2 N–H and O–H groups in total. The quantitative estimate of drug-likeness (QED) is 0.867. The monoisotopic (exact) mass is 302 g/mol. The molecule has 21 heavy (non-hydrogen) atoms. The van der Waals surface area contributed by atoms with Crippen molar-refractivity contribution in [1.29, 1.82) is 0 Å². The molecule has 0 atom stereocenters. The van der Waals surface area contributed by atoms with Crippen molar-refractivity contribution in [3.05, 3.63) is 17.7 Å². The molecule has 0 radical (unpaired) electrons. The maximum absolute atomic E-state index is 12.7. The third-order valence-corrected chi connectivity index (χ3v) is 4.11. The first kappa shape index (κ1) is 15.8. The standard InChI is InChI=1S/C15H21F3N2O/c1-3-10-8-12(19)14(21-2)9-13(10)20-6-4-11(5-7-20)15(16,17)18/h8-9,11H,3-7,19H2,1-2H3. The Balaban J connectivity index is 2.20. The highest BCUT2D eigenvalue weighted by atomic mass is 19.4. The van der Waals surface area contributed by atoms with Crippen molar-refractivity contribution in [3.8, 4) is 5.75 Å². The van der Waals surface area contributed by atoms with Gasteiger partial charge in [0.2, 0.25) is 0 Å². The second kappa shape index (κ2) is 6.03. The molecule has 1 heterocycles. The van der Waals surface area contributed by atoms with E-state index >= 15 is 0 Å². The maximum Gasteiger partial charge on any atom is 0.391 e. The summed E-state index contributed by atoms with van der Waals surface area (Å²) < 4.78 is 43.4. The van der Waals surface area contributed by atoms with Gasteiger partial charge in [-0.15, -0.1) is 0 Å². The van der Waals surface area contributed by atoms with Crippen LogP contribution in [0.15, 0.2) is 12.1 Å². The molecule has 0 saturated carbocycles. The van der Waals surface area contributed by atoms with Gasteiger partial charge >= 0.3 is 6.18 Å². The number of piperidine rings is 1. The highest BCUT2D eigenvalue weighted by Crippen LogP contribution is 2.38. The topological polar surface area (TPSA) is 38.5 Å². The minimum atomic E-state index is -4.08. The minimum Gasteiger partial charge on any atom is -0.495 e. The van der Waals surface area contributed by atoms with Gasteiger partial charge in [-0.05, 0) is 30.9 Å². The number of anilines is 2. The summed E-state index contributed by atoms with van der Waals surface area (Å²) in [7, 11) is 1.54. The number of nitrogen functional groups attached to an aromatic ring is 1. The lowest BCUT2D eigenvalue weighted by Gasteiger charge is -2.35. The van der Waals surface area contributed by atoms with Crippen LogP contribution in [-0.4, -0.2) is 26.4 Å². The van der Waals surface area contributed by atoms with E-state index in [2.05, 4.69) is 0 Å². The first-order valence-corrected chi connectivity index (χ1v) is 7.14. The van der Waals surface area contributed by atoms with Crippen LogP contribution < -0.4 is 15.4 Å². The Morgan fingerprint density at radius 3 is 2.38 bits per heavy atom. The number of methoxy groups -OCH3 is 1. The van der Waals surface area contributed by atoms with E-state index in [4.69, 9.17) is 10.5 Å². The number of nitrogens with zero attached hydrogens (tertiary/aromatic N) is 1. The summed E-state index contributed by atoms with van der Waals surface area (Å²) in [6, 6.07) is 3.69. The smallest absolute Gasteiger partial charge is 0.391 e. The number of aryl methyl sites for hydroxylation is 1. The highest BCUT2D eigenvalue weighted by Gasteiger charge is 2.41. The van der Waals surface area contributed by atoms with Crippen LogP contribution in [0.2, 0.25) is 0 Å². The van der Waals surface area contributed by atoms with Gasteiger partial charge in [0.1, 0.15) is 5.75 Å². The predicted octanol–water partition coefficient (Wildman–Crippen LogP) is 3.62. The Bertz CT molecular complexity index is 494. The molecule has 0 aromatic heterocycles. The molecule has 0 spiro atoms. The normalized spacial score (nSPS) is 17.1. The third kappa shape index (κ3) is 3.36. The fourth-order valence-corrected chi connectivity index (χ4v) is 2.84. The van der Waals surface area contributed by atoms with Gasteiger partial charge in [0.15, 0.2) is 0 Å². The molecule has 1 aromatic carbocycles. The molecule has 0 aliphatic carbocycles. The molecule has 0 bridgehead atoms. The number of nitrogens with two attached hydrogens (primary N) is 1. The minimum absolute atomic E-state index is 0.138. The Hall–Kier alpha value is -1.59. The van der Waals surface area contributed by atoms with Crippen LogP contribution in [0.4, 0.5) is 24.5 Å². The fraction of sp³-hybridized carbons (Fsp3) is 0.600. The van der Waals surface area contributed by atoms with E-state index < -0.39 is 12.1 Å². The number of benzene rings is 1. The zero-order valence-electron chi connectivity index (χ0n) is 12.3. The summed E-state index contributed by atoms with van der Waals surface area (Å²) in [5, 5.41) is 0. The number of ether oxygens (including phenoxy) is 1. The molecule has 6 heteroatoms. The zero-order valence-corrected chi connectivity index (χ0v) is 12.3. The number of rotatable bonds is 3. The number of alkyl halides is 3. The first-order valence-electron chi connectivity index (χ1n) is 7.14. The molecule has 3 nitrogen and oxygen atoms in total. The molecular weight excluding hydrogens is 281 g/mol. The number of hydrogen-bond donors (Lipinski definition) is 1. The van der Waals surface area contributed by atoms with Crippen LogP contribution in [0.5, 0.6) is 5.75 Å². The molecule has 1 fully saturated rings. The summed E-state index contributed by atoms with van der Waals surface area (Å²) in [6.07, 6.45) is -3.03. The second-order valence-electron chi connectivity index (χ2n) is 5.38. The van der Waals surface area contributed by atoms with E-state index in [1.54, 1.807) is 0 Å². The van der Waals surface area contributed by atoms with Crippen LogP contribution in [-0.2, 0) is 6.42 Å². The van der Waals surface area contributed by atoms with E-state index in [-0.39, 0.29) is 12.8 Å². The lowest BCUT2D eigenvalue weighted by molar-refractivity contribution is -0.179. The largest absolute Gasteiger partial charge is 0.495 e. The second-order valence-corrected chi connectivity index (χ2v) is 5.38. The van der Waals surface area contributed by atoms with E-state index in [0.717, 1.165) is 17.7 Å². The SMILES string of the molecule is CCc1cc(N)c(OC)cc1N1CCC(C(F)(F)F)CC1. The Morgan fingerprint density at radius 1 is 1.29 bits per heavy atom. The van der Waals surface area contributed by atoms with Gasteiger partial charge in [-0.2, -0.15) is 13.2 Å². The summed E-state index contributed by atoms with van der Waals surface area (Å²) in [5.41, 5.74) is 8.43. The Labute approximate surface area is 122 Å². The zero-order chi connectivity index (χ0) is 15.6. The van der Waals surface area contributed by atoms with E-state index in [1.165, 1.54) is 7.11 Å². The van der Waals surface area contributed by atoms with E-state index in [1.807, 2.05) is 24.0 Å². The summed E-state index contributed by atoms with van der Waals surface area (Å²) in [5.74, 6) is -0.616. The lowest BCUT2D eigenvalue weighted by atomic mass is 9.95. The summed E-state index contributed by atoms with van der Waals surface area (Å²) >= 11 is 0. The van der Waals surface area contributed by atoms with Crippen LogP contribution in [0.1, 0.15) is 25.3 Å². The van der Waals surface area contributed by atoms with Crippen molar-refractivity contribution in [2.24, 2.45) is 5.92 Å². The van der Waals surface area contributed by atoms with Crippen molar-refractivity contribution in [1.82, 2.24) is 0 Å². The molecular formula is C15H21F3N2O. The molecule has 1 aliphatic rings. The van der Waals surface area contributed by atoms with Gasteiger partial charge in [-0.25, -0.2) is 0 Å². The van der Waals surface area contributed by atoms with Crippen molar-refractivity contribution in [3.63, 3.8) is 0 Å². The molecule has 118 valence electrons. The highest BCUT2D eigenvalue weighted by molar-refractivity contribution is 5.67. The van der Waals surface area contributed by atoms with Gasteiger partial charge < -0.3 is 15.4 Å². The molecule has 1 aliphatic heterocycles. The number of hydrogen-bond acceptors (Lipinski definition) is 3. The fourth-order valence-electron chi connectivity index (χ4n) is 2.84. The summed E-state index contributed by atoms with van der Waals surface area (Å²) in [4.78, 5) is 2.00. The lowest BCUT2D eigenvalue weighted by Crippen LogP contribution is -2.39. The Kier molecular flexibility index (Phi) is 4.54. The van der Waals surface area contributed by atoms with Crippen molar-refractivity contribution in [2.75, 3.05) is 30.8 Å². The maximum atomic E-state index is 12.7. The average Bonchev–Trinajstić information content (AvgIpc) is 2.46. The van der Waals surface area contributed by atoms with Gasteiger partial charge in [0.25, 0.3) is 0 Å². The van der Waals surface area contributed by atoms with Crippen LogP contribution in [0.3, 0.4) is 0 Å². The molecule has 2 rings (SSSR count). The van der Waals surface area contributed by atoms with Crippen LogP contribution >= 0.6 is 0 Å². The average molecular weight is 302 g/mol. The van der Waals surface area contributed by atoms with Crippen molar-refractivity contribution in [2.45, 2.75) is 32.4 Å². The molecule has 0 unspecified atom stereocenters. The van der Waals surface area contributed by atoms with Crippen molar-refractivity contribution < 1.29 is 17.9 Å². The van der Waals surface area contributed by atoms with Gasteiger partial charge in [0, 0.05) is 24.8 Å². The number of halogens is 3. The third-order valence-electron chi connectivity index (χ3n) is 4.11. The molecule has 0 amide bonds. The van der Waals surface area contributed by atoms with E-state index in [0.29, 0.717) is 24.5 Å². The van der Waals surface area contributed by atoms with Crippen molar-refractivity contribution >= 4 is 11.4 Å².